The second-order valence-corrected chi connectivity index (χ2v) is 4.31. The van der Waals surface area contributed by atoms with Crippen LogP contribution in [0.2, 0.25) is 0 Å². The molecule has 0 aromatic heterocycles. The molecular formula is C13H17N3. The molecule has 0 aliphatic carbocycles. The van der Waals surface area contributed by atoms with Crippen LogP contribution in [-0.4, -0.2) is 24.0 Å². The van der Waals surface area contributed by atoms with Crippen molar-refractivity contribution in [3.8, 4) is 6.07 Å². The van der Waals surface area contributed by atoms with Crippen molar-refractivity contribution in [3.63, 3.8) is 0 Å². The molecule has 1 saturated heterocycles. The topological polar surface area (TPSA) is 53.0 Å². The summed E-state index contributed by atoms with van der Waals surface area (Å²) in [6.07, 6.45) is 2.44. The number of benzene rings is 1. The first-order valence-electron chi connectivity index (χ1n) is 5.76. The Labute approximate surface area is 96.5 Å². The van der Waals surface area contributed by atoms with Gasteiger partial charge in [0.15, 0.2) is 0 Å². The molecule has 1 aromatic rings. The zero-order chi connectivity index (χ0) is 11.4. The molecule has 1 fully saturated rings. The number of rotatable bonds is 3. The minimum Gasteiger partial charge on any atom is -0.329 e. The standard InChI is InChI=1S/C13H17N3/c14-8-11-3-1-4-12(7-11)10-16-6-2-5-13(16)9-15/h1,3-4,7,13H,2,5-6,9-10,15H2. The third kappa shape index (κ3) is 2.41. The van der Waals surface area contributed by atoms with Gasteiger partial charge in [0.25, 0.3) is 0 Å². The molecule has 2 rings (SSSR count). The molecule has 1 aliphatic heterocycles. The lowest BCUT2D eigenvalue weighted by Gasteiger charge is -2.23. The van der Waals surface area contributed by atoms with E-state index < -0.39 is 0 Å². The van der Waals surface area contributed by atoms with Crippen molar-refractivity contribution in [1.29, 1.82) is 5.26 Å². The van der Waals surface area contributed by atoms with Crippen LogP contribution in [0.5, 0.6) is 0 Å². The van der Waals surface area contributed by atoms with Crippen molar-refractivity contribution in [2.24, 2.45) is 5.73 Å². The molecule has 16 heavy (non-hydrogen) atoms. The number of nitrogens with two attached hydrogens (primary N) is 1. The molecule has 84 valence electrons. The molecule has 1 aliphatic rings. The Morgan fingerprint density at radius 1 is 1.50 bits per heavy atom. The van der Waals surface area contributed by atoms with E-state index in [0.717, 1.165) is 25.2 Å². The molecule has 0 spiro atoms. The first-order chi connectivity index (χ1) is 7.83. The first-order valence-corrected chi connectivity index (χ1v) is 5.76. The fourth-order valence-electron chi connectivity index (χ4n) is 2.34. The van der Waals surface area contributed by atoms with Crippen molar-refractivity contribution in [2.45, 2.75) is 25.4 Å². The molecule has 3 heteroatoms. The van der Waals surface area contributed by atoms with Crippen molar-refractivity contribution in [2.75, 3.05) is 13.1 Å². The Morgan fingerprint density at radius 2 is 2.38 bits per heavy atom. The third-order valence-electron chi connectivity index (χ3n) is 3.21. The smallest absolute Gasteiger partial charge is 0.0991 e. The van der Waals surface area contributed by atoms with Gasteiger partial charge in [0.2, 0.25) is 0 Å². The highest BCUT2D eigenvalue weighted by molar-refractivity contribution is 5.32. The number of likely N-dealkylation sites (tertiary alicyclic amines) is 1. The van der Waals surface area contributed by atoms with E-state index in [-0.39, 0.29) is 0 Å². The molecule has 0 amide bonds. The van der Waals surface area contributed by atoms with Crippen LogP contribution in [0, 0.1) is 11.3 Å². The average Bonchev–Trinajstić information content (AvgIpc) is 2.76. The zero-order valence-corrected chi connectivity index (χ0v) is 9.39. The molecule has 0 saturated carbocycles. The van der Waals surface area contributed by atoms with Gasteiger partial charge in [-0.25, -0.2) is 0 Å². The lowest BCUT2D eigenvalue weighted by molar-refractivity contribution is 0.250. The second-order valence-electron chi connectivity index (χ2n) is 4.31. The molecule has 1 atom stereocenters. The van der Waals surface area contributed by atoms with E-state index in [0.29, 0.717) is 6.04 Å². The SMILES string of the molecule is N#Cc1cccc(CN2CCCC2CN)c1. The van der Waals surface area contributed by atoms with E-state index in [2.05, 4.69) is 17.0 Å². The largest absolute Gasteiger partial charge is 0.329 e. The summed E-state index contributed by atoms with van der Waals surface area (Å²) >= 11 is 0. The predicted octanol–water partition coefficient (Wildman–Crippen LogP) is 1.48. The van der Waals surface area contributed by atoms with Gasteiger partial charge in [0.05, 0.1) is 11.6 Å². The van der Waals surface area contributed by atoms with E-state index in [1.807, 2.05) is 18.2 Å². The van der Waals surface area contributed by atoms with Gasteiger partial charge in [-0.15, -0.1) is 0 Å². The van der Waals surface area contributed by atoms with E-state index in [4.69, 9.17) is 11.0 Å². The maximum absolute atomic E-state index is 8.84. The molecule has 0 bridgehead atoms. The Balaban J connectivity index is 2.06. The van der Waals surface area contributed by atoms with Crippen molar-refractivity contribution >= 4 is 0 Å². The lowest BCUT2D eigenvalue weighted by atomic mass is 10.1. The Morgan fingerprint density at radius 3 is 3.12 bits per heavy atom. The van der Waals surface area contributed by atoms with Crippen molar-refractivity contribution < 1.29 is 0 Å². The number of hydrogen-bond acceptors (Lipinski definition) is 3. The Bertz CT molecular complexity index is 394. The van der Waals surface area contributed by atoms with Gasteiger partial charge >= 0.3 is 0 Å². The van der Waals surface area contributed by atoms with Gasteiger partial charge < -0.3 is 5.73 Å². The highest BCUT2D eigenvalue weighted by Gasteiger charge is 2.22. The second kappa shape index (κ2) is 5.11. The minimum absolute atomic E-state index is 0.519. The normalized spacial score (nSPS) is 20.9. The molecule has 1 unspecified atom stereocenters. The zero-order valence-electron chi connectivity index (χ0n) is 9.39. The Hall–Kier alpha value is -1.37. The average molecular weight is 215 g/mol. The van der Waals surface area contributed by atoms with Gasteiger partial charge in [0, 0.05) is 19.1 Å². The molecule has 0 radical (unpaired) electrons. The van der Waals surface area contributed by atoms with Gasteiger partial charge in [-0.05, 0) is 37.1 Å². The highest BCUT2D eigenvalue weighted by atomic mass is 15.2. The number of nitrogens with zero attached hydrogens (tertiary/aromatic N) is 2. The molecule has 1 aromatic carbocycles. The molecule has 3 nitrogen and oxygen atoms in total. The van der Waals surface area contributed by atoms with Crippen LogP contribution in [0.15, 0.2) is 24.3 Å². The van der Waals surface area contributed by atoms with Crippen LogP contribution in [0.1, 0.15) is 24.0 Å². The van der Waals surface area contributed by atoms with E-state index in [9.17, 15) is 0 Å². The van der Waals surface area contributed by atoms with Crippen LogP contribution < -0.4 is 5.73 Å². The summed E-state index contributed by atoms with van der Waals surface area (Å²) in [5.74, 6) is 0. The van der Waals surface area contributed by atoms with E-state index in [1.54, 1.807) is 0 Å². The van der Waals surface area contributed by atoms with Gasteiger partial charge in [-0.3, -0.25) is 4.90 Å². The van der Waals surface area contributed by atoms with Crippen LogP contribution >= 0.6 is 0 Å². The summed E-state index contributed by atoms with van der Waals surface area (Å²) in [4.78, 5) is 2.41. The molecule has 1 heterocycles. The first kappa shape index (κ1) is 11.1. The monoisotopic (exact) mass is 215 g/mol. The fraction of sp³-hybridized carbons (Fsp3) is 0.462. The third-order valence-corrected chi connectivity index (χ3v) is 3.21. The van der Waals surface area contributed by atoms with Gasteiger partial charge in [0.1, 0.15) is 0 Å². The van der Waals surface area contributed by atoms with E-state index in [1.165, 1.54) is 18.4 Å². The molecular weight excluding hydrogens is 198 g/mol. The minimum atomic E-state index is 0.519. The summed E-state index contributed by atoms with van der Waals surface area (Å²) in [5.41, 5.74) is 7.68. The maximum Gasteiger partial charge on any atom is 0.0991 e. The van der Waals surface area contributed by atoms with Gasteiger partial charge in [-0.1, -0.05) is 12.1 Å². The summed E-state index contributed by atoms with van der Waals surface area (Å²) in [6.45, 7) is 2.77. The summed E-state index contributed by atoms with van der Waals surface area (Å²) in [5, 5.41) is 8.84. The summed E-state index contributed by atoms with van der Waals surface area (Å²) in [7, 11) is 0. The van der Waals surface area contributed by atoms with Crippen LogP contribution in [0.4, 0.5) is 0 Å². The van der Waals surface area contributed by atoms with Crippen LogP contribution in [0.3, 0.4) is 0 Å². The fourth-order valence-corrected chi connectivity index (χ4v) is 2.34. The summed E-state index contributed by atoms with van der Waals surface area (Å²) < 4.78 is 0. The van der Waals surface area contributed by atoms with Crippen molar-refractivity contribution in [3.05, 3.63) is 35.4 Å². The Kier molecular flexibility index (Phi) is 3.55. The summed E-state index contributed by atoms with van der Waals surface area (Å²) in [6, 6.07) is 10.5. The highest BCUT2D eigenvalue weighted by Crippen LogP contribution is 2.19. The van der Waals surface area contributed by atoms with Crippen LogP contribution in [0.25, 0.3) is 0 Å². The quantitative estimate of drug-likeness (QED) is 0.831. The maximum atomic E-state index is 8.84. The number of hydrogen-bond donors (Lipinski definition) is 1. The lowest BCUT2D eigenvalue weighted by Crippen LogP contribution is -2.34. The molecule has 2 N–H and O–H groups in total. The number of nitriles is 1. The van der Waals surface area contributed by atoms with Gasteiger partial charge in [-0.2, -0.15) is 5.26 Å². The predicted molar refractivity (Wildman–Crippen MR) is 63.6 cm³/mol. The van der Waals surface area contributed by atoms with E-state index >= 15 is 0 Å². The van der Waals surface area contributed by atoms with Crippen molar-refractivity contribution in [1.82, 2.24) is 4.90 Å². The van der Waals surface area contributed by atoms with Crippen LogP contribution in [-0.2, 0) is 6.54 Å².